The predicted octanol–water partition coefficient (Wildman–Crippen LogP) is 4.11. The summed E-state index contributed by atoms with van der Waals surface area (Å²) in [6, 6.07) is 8.54. The molecular weight excluding hydrogens is 464 g/mol. The average molecular weight is 481 g/mol. The van der Waals surface area contributed by atoms with Crippen LogP contribution >= 0.6 is 15.9 Å². The Balaban J connectivity index is 1.73. The third-order valence-electron chi connectivity index (χ3n) is 4.55. The summed E-state index contributed by atoms with van der Waals surface area (Å²) in [5.41, 5.74) is -0.312. The van der Waals surface area contributed by atoms with E-state index < -0.39 is 26.7 Å². The van der Waals surface area contributed by atoms with E-state index in [9.17, 15) is 26.0 Å². The van der Waals surface area contributed by atoms with Crippen molar-refractivity contribution in [1.29, 1.82) is 0 Å². The number of piperazine rings is 1. The lowest BCUT2D eigenvalue weighted by molar-refractivity contribution is -0.139. The van der Waals surface area contributed by atoms with Crippen molar-refractivity contribution in [3.63, 3.8) is 0 Å². The van der Waals surface area contributed by atoms with Crippen LogP contribution in [0.4, 0.5) is 17.6 Å². The van der Waals surface area contributed by atoms with Gasteiger partial charge >= 0.3 is 6.18 Å². The molecule has 0 bridgehead atoms. The Bertz CT molecular complexity index is 958. The third-order valence-corrected chi connectivity index (χ3v) is 7.25. The summed E-state index contributed by atoms with van der Waals surface area (Å²) >= 11 is 3.30. The highest BCUT2D eigenvalue weighted by Crippen LogP contribution is 2.35. The van der Waals surface area contributed by atoms with Gasteiger partial charge < -0.3 is 0 Å². The zero-order chi connectivity index (χ0) is 20.5. The van der Waals surface area contributed by atoms with Crippen LogP contribution in [-0.4, -0.2) is 43.8 Å². The molecule has 3 rings (SSSR count). The van der Waals surface area contributed by atoms with E-state index in [2.05, 4.69) is 15.9 Å². The first-order chi connectivity index (χ1) is 13.1. The summed E-state index contributed by atoms with van der Waals surface area (Å²) in [6.45, 7) is 1.35. The highest BCUT2D eigenvalue weighted by atomic mass is 79.9. The maximum Gasteiger partial charge on any atom is 0.417 e. The molecule has 0 unspecified atom stereocenters. The van der Waals surface area contributed by atoms with Gasteiger partial charge in [0.25, 0.3) is 0 Å². The number of sulfonamides is 1. The van der Waals surface area contributed by atoms with Gasteiger partial charge in [-0.25, -0.2) is 12.8 Å². The Morgan fingerprint density at radius 3 is 2.25 bits per heavy atom. The van der Waals surface area contributed by atoms with E-state index in [-0.39, 0.29) is 18.9 Å². The Labute approximate surface area is 168 Å². The van der Waals surface area contributed by atoms with Crippen LogP contribution in [0.1, 0.15) is 11.1 Å². The van der Waals surface area contributed by atoms with Crippen molar-refractivity contribution >= 4 is 26.0 Å². The van der Waals surface area contributed by atoms with Crippen LogP contribution in [-0.2, 0) is 22.7 Å². The molecule has 28 heavy (non-hydrogen) atoms. The number of benzene rings is 2. The molecule has 2 aromatic carbocycles. The summed E-state index contributed by atoms with van der Waals surface area (Å²) in [4.78, 5) is 1.25. The topological polar surface area (TPSA) is 40.6 Å². The van der Waals surface area contributed by atoms with Crippen molar-refractivity contribution in [3.8, 4) is 0 Å². The zero-order valence-corrected chi connectivity index (χ0v) is 17.0. The summed E-state index contributed by atoms with van der Waals surface area (Å²) in [6.07, 6.45) is -4.75. The number of hydrogen-bond acceptors (Lipinski definition) is 3. The molecule has 1 aliphatic heterocycles. The van der Waals surface area contributed by atoms with Crippen LogP contribution in [0.3, 0.4) is 0 Å². The summed E-state index contributed by atoms with van der Waals surface area (Å²) in [7, 11) is -4.26. The molecule has 4 nitrogen and oxygen atoms in total. The Hall–Kier alpha value is -1.49. The van der Waals surface area contributed by atoms with E-state index in [0.29, 0.717) is 24.1 Å². The lowest BCUT2D eigenvalue weighted by atomic mass is 10.2. The standard InChI is InChI=1S/C18H17BrF4N2O2S/c19-16-11-14(20)6-5-13(16)12-24-7-9-25(10-8-24)28(26,27)17-4-2-1-3-15(17)18(21,22)23/h1-6,11H,7-10,12H2. The zero-order valence-electron chi connectivity index (χ0n) is 14.6. The fourth-order valence-corrected chi connectivity index (χ4v) is 5.19. The smallest absolute Gasteiger partial charge is 0.296 e. The quantitative estimate of drug-likeness (QED) is 0.618. The van der Waals surface area contributed by atoms with Gasteiger partial charge in [-0.1, -0.05) is 34.1 Å². The summed E-state index contributed by atoms with van der Waals surface area (Å²) in [5.74, 6) is -0.366. The van der Waals surface area contributed by atoms with Crippen molar-refractivity contribution in [2.24, 2.45) is 0 Å². The van der Waals surface area contributed by atoms with Crippen LogP contribution in [0.25, 0.3) is 0 Å². The molecule has 10 heteroatoms. The van der Waals surface area contributed by atoms with Gasteiger partial charge in [-0.3, -0.25) is 4.90 Å². The molecular formula is C18H17BrF4N2O2S. The van der Waals surface area contributed by atoms with Gasteiger partial charge in [-0.15, -0.1) is 0 Å². The number of hydrogen-bond donors (Lipinski definition) is 0. The maximum absolute atomic E-state index is 13.2. The van der Waals surface area contributed by atoms with Gasteiger partial charge in [0.1, 0.15) is 5.82 Å². The molecule has 0 aromatic heterocycles. The normalized spacial score (nSPS) is 17.0. The minimum atomic E-state index is -4.75. The van der Waals surface area contributed by atoms with Crippen molar-refractivity contribution in [2.45, 2.75) is 17.6 Å². The van der Waals surface area contributed by atoms with Gasteiger partial charge in [-0.2, -0.15) is 17.5 Å². The minimum Gasteiger partial charge on any atom is -0.296 e. The molecule has 1 aliphatic rings. The van der Waals surface area contributed by atoms with Gasteiger partial charge in [0.15, 0.2) is 0 Å². The second-order valence-corrected chi connectivity index (χ2v) is 9.17. The number of alkyl halides is 3. The van der Waals surface area contributed by atoms with Crippen molar-refractivity contribution in [2.75, 3.05) is 26.2 Å². The molecule has 0 saturated carbocycles. The number of nitrogens with zero attached hydrogens (tertiary/aromatic N) is 2. The molecule has 2 aromatic rings. The first-order valence-electron chi connectivity index (χ1n) is 8.42. The molecule has 0 amide bonds. The van der Waals surface area contributed by atoms with E-state index in [4.69, 9.17) is 0 Å². The molecule has 0 spiro atoms. The van der Waals surface area contributed by atoms with E-state index in [0.717, 1.165) is 22.0 Å². The average Bonchev–Trinajstić information content (AvgIpc) is 2.64. The highest BCUT2D eigenvalue weighted by Gasteiger charge is 2.39. The van der Waals surface area contributed by atoms with Gasteiger partial charge in [0.2, 0.25) is 10.0 Å². The van der Waals surface area contributed by atoms with Crippen LogP contribution in [0.15, 0.2) is 51.8 Å². The van der Waals surface area contributed by atoms with E-state index in [1.54, 1.807) is 6.07 Å². The summed E-state index contributed by atoms with van der Waals surface area (Å²) < 4.78 is 80.0. The molecule has 1 heterocycles. The molecule has 1 fully saturated rings. The minimum absolute atomic E-state index is 0.0767. The highest BCUT2D eigenvalue weighted by molar-refractivity contribution is 9.10. The van der Waals surface area contributed by atoms with Gasteiger partial charge in [0, 0.05) is 37.2 Å². The first-order valence-corrected chi connectivity index (χ1v) is 10.6. The fourth-order valence-electron chi connectivity index (χ4n) is 3.08. The molecule has 0 aliphatic carbocycles. The SMILES string of the molecule is O=S(=O)(c1ccccc1C(F)(F)F)N1CCN(Cc2ccc(F)cc2Br)CC1. The third kappa shape index (κ3) is 4.56. The molecule has 152 valence electrons. The second kappa shape index (κ2) is 8.10. The Morgan fingerprint density at radius 1 is 1.00 bits per heavy atom. The fraction of sp³-hybridized carbons (Fsp3) is 0.333. The van der Waals surface area contributed by atoms with Crippen molar-refractivity contribution < 1.29 is 26.0 Å². The lowest BCUT2D eigenvalue weighted by Crippen LogP contribution is -2.48. The Kier molecular flexibility index (Phi) is 6.14. The number of rotatable bonds is 4. The monoisotopic (exact) mass is 480 g/mol. The first kappa shape index (κ1) is 21.2. The van der Waals surface area contributed by atoms with Crippen LogP contribution in [0, 0.1) is 5.82 Å². The van der Waals surface area contributed by atoms with Gasteiger partial charge in [0.05, 0.1) is 10.5 Å². The van der Waals surface area contributed by atoms with Gasteiger partial charge in [-0.05, 0) is 29.8 Å². The molecule has 1 saturated heterocycles. The van der Waals surface area contributed by atoms with E-state index in [1.165, 1.54) is 24.3 Å². The van der Waals surface area contributed by atoms with Crippen molar-refractivity contribution in [1.82, 2.24) is 9.21 Å². The van der Waals surface area contributed by atoms with Crippen LogP contribution < -0.4 is 0 Å². The van der Waals surface area contributed by atoms with E-state index >= 15 is 0 Å². The maximum atomic E-state index is 13.2. The molecule has 0 radical (unpaired) electrons. The second-order valence-electron chi connectivity index (χ2n) is 6.41. The number of halogens is 5. The predicted molar refractivity (Wildman–Crippen MR) is 99.6 cm³/mol. The molecule has 0 atom stereocenters. The Morgan fingerprint density at radius 2 is 1.64 bits per heavy atom. The molecule has 0 N–H and O–H groups in total. The van der Waals surface area contributed by atoms with E-state index in [1.807, 2.05) is 4.90 Å². The van der Waals surface area contributed by atoms with Crippen LogP contribution in [0.5, 0.6) is 0 Å². The van der Waals surface area contributed by atoms with Crippen molar-refractivity contribution in [3.05, 3.63) is 63.9 Å². The largest absolute Gasteiger partial charge is 0.417 e. The van der Waals surface area contributed by atoms with Crippen LogP contribution in [0.2, 0.25) is 0 Å². The lowest BCUT2D eigenvalue weighted by Gasteiger charge is -2.34. The summed E-state index contributed by atoms with van der Waals surface area (Å²) in [5, 5.41) is 0.